The van der Waals surface area contributed by atoms with E-state index in [9.17, 15) is 10.2 Å². The Labute approximate surface area is 442 Å². The number of hydrogen-bond donors (Lipinski definition) is 2. The Bertz CT molecular complexity index is 3890. The van der Waals surface area contributed by atoms with Gasteiger partial charge in [0.25, 0.3) is 0 Å². The number of phenols is 2. The number of phenolic OH excluding ortho intramolecular Hbond substituents is 2. The van der Waals surface area contributed by atoms with Crippen LogP contribution in [0.15, 0.2) is 218 Å². The minimum atomic E-state index is -0.106. The van der Waals surface area contributed by atoms with E-state index >= 15 is 0 Å². The number of rotatable bonds is 5. The molecule has 73 heavy (non-hydrogen) atoms. The summed E-state index contributed by atoms with van der Waals surface area (Å²) in [5.74, 6) is 2.49. The van der Waals surface area contributed by atoms with Crippen LogP contribution in [0.3, 0.4) is 0 Å². The van der Waals surface area contributed by atoms with Crippen molar-refractivity contribution < 1.29 is 29.7 Å². The van der Waals surface area contributed by atoms with Crippen molar-refractivity contribution in [3.8, 4) is 72.5 Å². The van der Waals surface area contributed by atoms with Gasteiger partial charge in [0.1, 0.15) is 21.5 Å². The molecule has 4 heterocycles. The van der Waals surface area contributed by atoms with Crippen LogP contribution in [-0.4, -0.2) is 39.7 Å². The molecule has 9 aromatic carbocycles. The Kier molecular flexibility index (Phi) is 12.8. The number of hydrogen-bond acceptors (Lipinski definition) is 9. The zero-order chi connectivity index (χ0) is 48.8. The Morgan fingerprint density at radius 3 is 1.41 bits per heavy atom. The summed E-state index contributed by atoms with van der Waals surface area (Å²) >= 11 is 3.19. The van der Waals surface area contributed by atoms with E-state index in [4.69, 9.17) is 15.0 Å². The minimum absolute atomic E-state index is 0. The first-order valence-electron chi connectivity index (χ1n) is 23.6. The maximum absolute atomic E-state index is 9.76. The number of fused-ring (bicyclic) bond motifs is 8. The molecular formula is C62H44N6O2S2Zn. The fraction of sp³-hybridized carbons (Fsp3) is 0.0484. The smallest absolute Gasteiger partial charge is 0.238 e. The van der Waals surface area contributed by atoms with Gasteiger partial charge in [-0.25, -0.2) is 15.0 Å². The second-order valence-electron chi connectivity index (χ2n) is 18.0. The van der Waals surface area contributed by atoms with Crippen molar-refractivity contribution in [2.75, 3.05) is 0 Å². The quantitative estimate of drug-likeness (QED) is 0.165. The van der Waals surface area contributed by atoms with Crippen LogP contribution in [0, 0.1) is 0 Å². The molecule has 0 bridgehead atoms. The first-order chi connectivity index (χ1) is 35.3. The van der Waals surface area contributed by atoms with Gasteiger partial charge in [0, 0.05) is 46.8 Å². The van der Waals surface area contributed by atoms with Crippen LogP contribution in [-0.2, 0) is 24.9 Å². The van der Waals surface area contributed by atoms with Crippen LogP contribution < -0.4 is 0 Å². The topological polar surface area (TPSA) is 110 Å². The number of para-hydroxylation sites is 5. The SMILES string of the molecule is CC1(C)c2ccccc2-c2cc3c4ccccc4n(-c4nc(-c5ccccc5)nc(-c5ccccc5)n4)c3cc21.Oc1ccccc1-c1nc2ccccc2s1.Oc1ccccc1-c1nc2ccccc2s1.[Zn]. The van der Waals surface area contributed by atoms with E-state index in [1.165, 1.54) is 33.0 Å². The van der Waals surface area contributed by atoms with Crippen molar-refractivity contribution in [2.45, 2.75) is 19.3 Å². The van der Waals surface area contributed by atoms with Gasteiger partial charge in [0.15, 0.2) is 11.6 Å². The molecule has 0 radical (unpaired) electrons. The van der Waals surface area contributed by atoms with Gasteiger partial charge in [-0.15, -0.1) is 22.7 Å². The number of nitrogens with zero attached hydrogens (tertiary/aromatic N) is 6. The van der Waals surface area contributed by atoms with Gasteiger partial charge in [-0.3, -0.25) is 4.57 Å². The molecule has 348 valence electrons. The number of thiazole rings is 2. The van der Waals surface area contributed by atoms with Gasteiger partial charge in [-0.1, -0.05) is 166 Å². The summed E-state index contributed by atoms with van der Waals surface area (Å²) in [5, 5.41) is 23.6. The summed E-state index contributed by atoms with van der Waals surface area (Å²) in [7, 11) is 0. The van der Waals surface area contributed by atoms with Crippen LogP contribution in [0.2, 0.25) is 0 Å². The molecule has 2 N–H and O–H groups in total. The van der Waals surface area contributed by atoms with Crippen LogP contribution in [0.1, 0.15) is 25.0 Å². The van der Waals surface area contributed by atoms with Crippen LogP contribution in [0.5, 0.6) is 11.5 Å². The van der Waals surface area contributed by atoms with E-state index in [1.54, 1.807) is 34.8 Å². The van der Waals surface area contributed by atoms with Gasteiger partial charge < -0.3 is 10.2 Å². The Hall–Kier alpha value is -8.21. The second kappa shape index (κ2) is 19.8. The van der Waals surface area contributed by atoms with Crippen LogP contribution >= 0.6 is 22.7 Å². The summed E-state index contributed by atoms with van der Waals surface area (Å²) in [5.41, 5.74) is 12.9. The third-order valence-electron chi connectivity index (χ3n) is 13.1. The van der Waals surface area contributed by atoms with Gasteiger partial charge in [-0.05, 0) is 89.0 Å². The van der Waals surface area contributed by atoms with Gasteiger partial charge in [0.2, 0.25) is 5.95 Å². The predicted molar refractivity (Wildman–Crippen MR) is 296 cm³/mol. The fourth-order valence-electron chi connectivity index (χ4n) is 9.56. The largest absolute Gasteiger partial charge is 0.507 e. The summed E-state index contributed by atoms with van der Waals surface area (Å²) in [6, 6.07) is 72.9. The monoisotopic (exact) mass is 1030 g/mol. The first-order valence-corrected chi connectivity index (χ1v) is 25.2. The van der Waals surface area contributed by atoms with E-state index in [1.807, 2.05) is 146 Å². The zero-order valence-electron chi connectivity index (χ0n) is 39.9. The molecule has 1 aliphatic carbocycles. The van der Waals surface area contributed by atoms with E-state index in [-0.39, 0.29) is 36.4 Å². The van der Waals surface area contributed by atoms with Crippen molar-refractivity contribution in [1.82, 2.24) is 29.5 Å². The number of benzene rings is 9. The third-order valence-corrected chi connectivity index (χ3v) is 15.3. The minimum Gasteiger partial charge on any atom is -0.507 e. The van der Waals surface area contributed by atoms with Crippen molar-refractivity contribution in [1.29, 1.82) is 0 Å². The third kappa shape index (κ3) is 8.86. The average Bonchev–Trinajstić information content (AvgIpc) is 4.19. The Balaban J connectivity index is 0.000000142. The molecule has 1 aliphatic rings. The second-order valence-corrected chi connectivity index (χ2v) is 20.0. The summed E-state index contributed by atoms with van der Waals surface area (Å²) in [6.07, 6.45) is 0. The molecule has 0 spiro atoms. The molecule has 0 saturated carbocycles. The summed E-state index contributed by atoms with van der Waals surface area (Å²) < 4.78 is 4.49. The Morgan fingerprint density at radius 2 is 0.863 bits per heavy atom. The molecule has 4 aromatic heterocycles. The normalized spacial score (nSPS) is 12.1. The van der Waals surface area contributed by atoms with Crippen molar-refractivity contribution in [3.05, 3.63) is 230 Å². The molecule has 8 nitrogen and oxygen atoms in total. The van der Waals surface area contributed by atoms with Crippen molar-refractivity contribution >= 4 is 64.9 Å². The maximum Gasteiger partial charge on any atom is 0.238 e. The molecule has 0 fully saturated rings. The molecule has 11 heteroatoms. The van der Waals surface area contributed by atoms with E-state index in [2.05, 4.69) is 89.0 Å². The molecular weight excluding hydrogens is 990 g/mol. The van der Waals surface area contributed by atoms with Gasteiger partial charge in [0.05, 0.1) is 42.6 Å². The molecule has 0 aliphatic heterocycles. The van der Waals surface area contributed by atoms with E-state index in [0.29, 0.717) is 17.6 Å². The summed E-state index contributed by atoms with van der Waals surface area (Å²) in [4.78, 5) is 24.1. The first kappa shape index (κ1) is 47.1. The summed E-state index contributed by atoms with van der Waals surface area (Å²) in [6.45, 7) is 4.64. The van der Waals surface area contributed by atoms with Crippen LogP contribution in [0.25, 0.3) is 103 Å². The average molecular weight is 1030 g/mol. The van der Waals surface area contributed by atoms with E-state index < -0.39 is 0 Å². The molecule has 0 atom stereocenters. The van der Waals surface area contributed by atoms with Crippen molar-refractivity contribution in [3.63, 3.8) is 0 Å². The fourth-order valence-corrected chi connectivity index (χ4v) is 11.6. The standard InChI is InChI=1S/C36H26N4.2C13H9NOS.Zn/c1-36(2)29-19-11-9-17-25(29)27-21-28-26-18-10-12-20-31(26)40(32(28)22-30(27)36)35-38-33(23-13-5-3-6-14-23)37-34(39-35)24-15-7-4-8-16-24;2*15-11-7-3-1-5-9(11)13-14-10-6-2-4-8-12(10)16-13;/h3-22H,1-2H3;2*1-8,15H;. The molecule has 0 amide bonds. The maximum atomic E-state index is 9.76. The predicted octanol–water partition coefficient (Wildman–Crippen LogP) is 15.9. The van der Waals surface area contributed by atoms with Crippen LogP contribution in [0.4, 0.5) is 0 Å². The molecule has 14 rings (SSSR count). The van der Waals surface area contributed by atoms with E-state index in [0.717, 1.165) is 63.7 Å². The van der Waals surface area contributed by atoms with Crippen molar-refractivity contribution in [2.24, 2.45) is 0 Å². The molecule has 0 unspecified atom stereocenters. The van der Waals surface area contributed by atoms with Gasteiger partial charge in [-0.2, -0.15) is 9.97 Å². The number of aromatic nitrogens is 6. The van der Waals surface area contributed by atoms with Gasteiger partial charge >= 0.3 is 0 Å². The number of aromatic hydroxyl groups is 2. The zero-order valence-corrected chi connectivity index (χ0v) is 44.5. The Morgan fingerprint density at radius 1 is 0.397 bits per heavy atom. The molecule has 13 aromatic rings. The molecule has 0 saturated heterocycles.